The second-order valence-corrected chi connectivity index (χ2v) is 3.67. The van der Waals surface area contributed by atoms with Crippen LogP contribution in [0, 0.1) is 0 Å². The molecule has 2 N–H and O–H groups in total. The van der Waals surface area contributed by atoms with E-state index in [-0.39, 0.29) is 0 Å². The number of hydrogen-bond donors (Lipinski definition) is 2. The number of benzene rings is 1. The van der Waals surface area contributed by atoms with Gasteiger partial charge in [-0.3, -0.25) is 0 Å². The van der Waals surface area contributed by atoms with Crippen LogP contribution in [0.3, 0.4) is 0 Å². The molecule has 0 amide bonds. The van der Waals surface area contributed by atoms with Crippen molar-refractivity contribution in [2.24, 2.45) is 0 Å². The lowest BCUT2D eigenvalue weighted by molar-refractivity contribution is 0.215. The van der Waals surface area contributed by atoms with Crippen LogP contribution in [0.5, 0.6) is 11.5 Å². The molecular formula is C13H15NO3. The molecular weight excluding hydrogens is 218 g/mol. The molecule has 4 heteroatoms. The molecule has 0 saturated heterocycles. The Hall–Kier alpha value is -1.94. The number of aromatic nitrogens is 1. The van der Waals surface area contributed by atoms with Crippen molar-refractivity contribution in [1.82, 2.24) is 4.98 Å². The van der Waals surface area contributed by atoms with Gasteiger partial charge in [-0.2, -0.15) is 0 Å². The summed E-state index contributed by atoms with van der Waals surface area (Å²) in [5.74, 6) is 1.31. The zero-order valence-corrected chi connectivity index (χ0v) is 9.81. The lowest BCUT2D eigenvalue weighted by Crippen LogP contribution is -2.01. The van der Waals surface area contributed by atoms with E-state index in [0.29, 0.717) is 11.5 Å². The third-order valence-electron chi connectivity index (χ3n) is 2.61. The number of aliphatic hydroxyl groups excluding tert-OH is 1. The first-order valence-corrected chi connectivity index (χ1v) is 5.29. The van der Waals surface area contributed by atoms with Gasteiger partial charge >= 0.3 is 0 Å². The van der Waals surface area contributed by atoms with E-state index in [4.69, 9.17) is 9.47 Å². The third-order valence-corrected chi connectivity index (χ3v) is 2.61. The van der Waals surface area contributed by atoms with Crippen LogP contribution >= 0.6 is 0 Å². The number of nitrogens with one attached hydrogen (secondary N) is 1. The van der Waals surface area contributed by atoms with Crippen molar-refractivity contribution < 1.29 is 14.6 Å². The molecule has 0 aliphatic rings. The lowest BCUT2D eigenvalue weighted by Gasteiger charge is -2.12. The molecule has 0 bridgehead atoms. The molecule has 1 unspecified atom stereocenters. The molecule has 17 heavy (non-hydrogen) atoms. The van der Waals surface area contributed by atoms with Crippen molar-refractivity contribution in [1.29, 1.82) is 0 Å². The van der Waals surface area contributed by atoms with Crippen molar-refractivity contribution in [2.45, 2.75) is 6.10 Å². The first kappa shape index (κ1) is 11.5. The quantitative estimate of drug-likeness (QED) is 0.850. The van der Waals surface area contributed by atoms with Gasteiger partial charge in [0.15, 0.2) is 0 Å². The Morgan fingerprint density at radius 3 is 2.24 bits per heavy atom. The van der Waals surface area contributed by atoms with Crippen LogP contribution in [-0.2, 0) is 0 Å². The number of methoxy groups -OCH3 is 2. The standard InChI is InChI=1S/C13H15NO3/c1-16-10-6-9(7-11(8-10)17-2)13(15)12-4-3-5-14-12/h3-8,13-15H,1-2H3. The van der Waals surface area contributed by atoms with Crippen molar-refractivity contribution in [3.05, 3.63) is 47.8 Å². The monoisotopic (exact) mass is 233 g/mol. The maximum atomic E-state index is 10.2. The summed E-state index contributed by atoms with van der Waals surface area (Å²) in [7, 11) is 3.17. The summed E-state index contributed by atoms with van der Waals surface area (Å²) in [5, 5.41) is 10.2. The van der Waals surface area contributed by atoms with Gasteiger partial charge in [-0.25, -0.2) is 0 Å². The van der Waals surface area contributed by atoms with E-state index in [9.17, 15) is 5.11 Å². The zero-order chi connectivity index (χ0) is 12.3. The van der Waals surface area contributed by atoms with Gasteiger partial charge in [-0.1, -0.05) is 0 Å². The summed E-state index contributed by atoms with van der Waals surface area (Å²) >= 11 is 0. The molecule has 0 saturated carbocycles. The average Bonchev–Trinajstić information content (AvgIpc) is 2.91. The fourth-order valence-corrected chi connectivity index (χ4v) is 1.68. The minimum atomic E-state index is -0.714. The first-order chi connectivity index (χ1) is 8.24. The third kappa shape index (κ3) is 2.42. The summed E-state index contributed by atoms with van der Waals surface area (Å²) in [6, 6.07) is 9.01. The summed E-state index contributed by atoms with van der Waals surface area (Å²) in [6.45, 7) is 0. The highest BCUT2D eigenvalue weighted by Crippen LogP contribution is 2.29. The molecule has 1 heterocycles. The number of rotatable bonds is 4. The molecule has 1 aromatic carbocycles. The SMILES string of the molecule is COc1cc(OC)cc(C(O)c2ccc[nH]2)c1. The Morgan fingerprint density at radius 1 is 1.12 bits per heavy atom. The van der Waals surface area contributed by atoms with Crippen molar-refractivity contribution in [3.8, 4) is 11.5 Å². The van der Waals surface area contributed by atoms with Crippen LogP contribution in [0.2, 0.25) is 0 Å². The predicted octanol–water partition coefficient (Wildman–Crippen LogP) is 2.11. The van der Waals surface area contributed by atoms with Crippen LogP contribution in [0.15, 0.2) is 36.5 Å². The Morgan fingerprint density at radius 2 is 1.76 bits per heavy atom. The van der Waals surface area contributed by atoms with Gasteiger partial charge in [0.05, 0.1) is 14.2 Å². The molecule has 2 aromatic rings. The number of H-pyrrole nitrogens is 1. The maximum Gasteiger partial charge on any atom is 0.122 e. The Balaban J connectivity index is 2.37. The smallest absolute Gasteiger partial charge is 0.122 e. The Kier molecular flexibility index (Phi) is 3.35. The van der Waals surface area contributed by atoms with E-state index in [0.717, 1.165) is 11.3 Å². The topological polar surface area (TPSA) is 54.5 Å². The molecule has 2 rings (SSSR count). The number of aromatic amines is 1. The molecule has 0 aliphatic carbocycles. The Labute approximate surface area is 99.8 Å². The fourth-order valence-electron chi connectivity index (χ4n) is 1.68. The van der Waals surface area contributed by atoms with Gasteiger partial charge in [0.2, 0.25) is 0 Å². The number of aliphatic hydroxyl groups is 1. The molecule has 0 radical (unpaired) electrons. The summed E-state index contributed by atoms with van der Waals surface area (Å²) in [5.41, 5.74) is 1.46. The largest absolute Gasteiger partial charge is 0.497 e. The normalized spacial score (nSPS) is 12.2. The van der Waals surface area contributed by atoms with Gasteiger partial charge in [-0.15, -0.1) is 0 Å². The van der Waals surface area contributed by atoms with E-state index < -0.39 is 6.10 Å². The average molecular weight is 233 g/mol. The van der Waals surface area contributed by atoms with Gasteiger partial charge in [0.1, 0.15) is 17.6 Å². The van der Waals surface area contributed by atoms with E-state index >= 15 is 0 Å². The van der Waals surface area contributed by atoms with Gasteiger partial charge in [-0.05, 0) is 29.8 Å². The maximum absolute atomic E-state index is 10.2. The van der Waals surface area contributed by atoms with Crippen LogP contribution in [0.4, 0.5) is 0 Å². The Bertz CT molecular complexity index is 457. The number of ether oxygens (including phenoxy) is 2. The highest BCUT2D eigenvalue weighted by Gasteiger charge is 2.13. The van der Waals surface area contributed by atoms with E-state index in [1.54, 1.807) is 38.6 Å². The highest BCUT2D eigenvalue weighted by molar-refractivity contribution is 5.41. The molecule has 0 spiro atoms. The predicted molar refractivity (Wildman–Crippen MR) is 64.4 cm³/mol. The molecule has 1 aromatic heterocycles. The van der Waals surface area contributed by atoms with Crippen LogP contribution in [-0.4, -0.2) is 24.3 Å². The van der Waals surface area contributed by atoms with E-state index in [1.807, 2.05) is 12.1 Å². The van der Waals surface area contributed by atoms with Gasteiger partial charge in [0.25, 0.3) is 0 Å². The van der Waals surface area contributed by atoms with Crippen LogP contribution < -0.4 is 9.47 Å². The summed E-state index contributed by atoms with van der Waals surface area (Å²) < 4.78 is 10.3. The van der Waals surface area contributed by atoms with Crippen molar-refractivity contribution >= 4 is 0 Å². The van der Waals surface area contributed by atoms with Gasteiger partial charge < -0.3 is 19.6 Å². The van der Waals surface area contributed by atoms with Gasteiger partial charge in [0, 0.05) is 18.0 Å². The minimum absolute atomic E-state index is 0.657. The second-order valence-electron chi connectivity index (χ2n) is 3.67. The molecule has 0 aliphatic heterocycles. The van der Waals surface area contributed by atoms with E-state index in [1.165, 1.54) is 0 Å². The molecule has 0 fully saturated rings. The lowest BCUT2D eigenvalue weighted by atomic mass is 10.1. The van der Waals surface area contributed by atoms with Crippen LogP contribution in [0.25, 0.3) is 0 Å². The fraction of sp³-hybridized carbons (Fsp3) is 0.231. The minimum Gasteiger partial charge on any atom is -0.497 e. The number of hydrogen-bond acceptors (Lipinski definition) is 3. The zero-order valence-electron chi connectivity index (χ0n) is 9.81. The van der Waals surface area contributed by atoms with E-state index in [2.05, 4.69) is 4.98 Å². The van der Waals surface area contributed by atoms with Crippen LogP contribution in [0.1, 0.15) is 17.4 Å². The van der Waals surface area contributed by atoms with Crippen molar-refractivity contribution in [2.75, 3.05) is 14.2 Å². The molecule has 4 nitrogen and oxygen atoms in total. The molecule has 1 atom stereocenters. The summed E-state index contributed by atoms with van der Waals surface area (Å²) in [6.07, 6.45) is 1.06. The second kappa shape index (κ2) is 4.93. The van der Waals surface area contributed by atoms with Crippen molar-refractivity contribution in [3.63, 3.8) is 0 Å². The first-order valence-electron chi connectivity index (χ1n) is 5.29. The summed E-state index contributed by atoms with van der Waals surface area (Å²) in [4.78, 5) is 2.98. The molecule has 90 valence electrons. The highest BCUT2D eigenvalue weighted by atomic mass is 16.5.